The van der Waals surface area contributed by atoms with E-state index in [-0.39, 0.29) is 24.3 Å². The van der Waals surface area contributed by atoms with Crippen molar-refractivity contribution >= 4 is 11.9 Å². The van der Waals surface area contributed by atoms with Gasteiger partial charge in [-0.15, -0.1) is 0 Å². The van der Waals surface area contributed by atoms with Crippen LogP contribution in [-0.2, 0) is 9.59 Å². The largest absolute Gasteiger partial charge is 0.481 e. The molecule has 1 saturated heterocycles. The molecule has 4 heteroatoms. The number of carbonyl (C=O) groups excluding carboxylic acids is 1. The van der Waals surface area contributed by atoms with Crippen molar-refractivity contribution < 1.29 is 14.7 Å². The van der Waals surface area contributed by atoms with E-state index in [1.165, 1.54) is 19.3 Å². The summed E-state index contributed by atoms with van der Waals surface area (Å²) in [5.41, 5.74) is 0. The fourth-order valence-corrected chi connectivity index (χ4v) is 3.64. The standard InChI is InChI=1S/C16H27NO3/c18-15(19)12-14-10-6-7-11-17(14)16(20)13-8-4-2-1-3-5-9-13/h13-14H,1-12H2,(H,18,19). The maximum atomic E-state index is 12.7. The van der Waals surface area contributed by atoms with Gasteiger partial charge in [0, 0.05) is 18.5 Å². The lowest BCUT2D eigenvalue weighted by Crippen LogP contribution is -2.47. The van der Waals surface area contributed by atoms with Crippen LogP contribution in [0.1, 0.15) is 70.6 Å². The molecule has 1 aliphatic carbocycles. The third-order valence-corrected chi connectivity index (χ3v) is 4.77. The molecule has 0 aromatic heterocycles. The summed E-state index contributed by atoms with van der Waals surface area (Å²) in [5, 5.41) is 9.02. The number of likely N-dealkylation sites (tertiary alicyclic amines) is 1. The number of carbonyl (C=O) groups is 2. The molecule has 1 saturated carbocycles. The van der Waals surface area contributed by atoms with Crippen molar-refractivity contribution in [3.63, 3.8) is 0 Å². The number of hydrogen-bond acceptors (Lipinski definition) is 2. The number of carboxylic acid groups (broad SMARTS) is 1. The Balaban J connectivity index is 1.98. The number of nitrogens with zero attached hydrogens (tertiary/aromatic N) is 1. The van der Waals surface area contributed by atoms with Gasteiger partial charge in [0.1, 0.15) is 0 Å². The summed E-state index contributed by atoms with van der Waals surface area (Å²) < 4.78 is 0. The van der Waals surface area contributed by atoms with Gasteiger partial charge < -0.3 is 10.0 Å². The summed E-state index contributed by atoms with van der Waals surface area (Å²) in [4.78, 5) is 25.6. The summed E-state index contributed by atoms with van der Waals surface area (Å²) in [7, 11) is 0. The zero-order valence-electron chi connectivity index (χ0n) is 12.4. The molecule has 2 aliphatic rings. The average Bonchev–Trinajstić information content (AvgIpc) is 2.37. The summed E-state index contributed by atoms with van der Waals surface area (Å²) in [6.07, 6.45) is 11.1. The van der Waals surface area contributed by atoms with E-state index in [0.29, 0.717) is 0 Å². The summed E-state index contributed by atoms with van der Waals surface area (Å²) in [6, 6.07) is -0.0702. The first kappa shape index (κ1) is 15.3. The second-order valence-corrected chi connectivity index (χ2v) is 6.32. The van der Waals surface area contributed by atoms with Crippen LogP contribution in [0.4, 0.5) is 0 Å². The topological polar surface area (TPSA) is 57.6 Å². The van der Waals surface area contributed by atoms with Gasteiger partial charge in [-0.2, -0.15) is 0 Å². The zero-order chi connectivity index (χ0) is 14.4. The molecule has 0 radical (unpaired) electrons. The van der Waals surface area contributed by atoms with Crippen LogP contribution in [0.25, 0.3) is 0 Å². The predicted octanol–water partition coefficient (Wildman–Crippen LogP) is 3.20. The van der Waals surface area contributed by atoms with E-state index in [4.69, 9.17) is 5.11 Å². The van der Waals surface area contributed by atoms with Crippen LogP contribution >= 0.6 is 0 Å². The Morgan fingerprint density at radius 2 is 1.50 bits per heavy atom. The molecule has 114 valence electrons. The molecule has 4 nitrogen and oxygen atoms in total. The number of amides is 1. The molecule has 1 aliphatic heterocycles. The van der Waals surface area contributed by atoms with Crippen molar-refractivity contribution in [3.8, 4) is 0 Å². The molecule has 2 rings (SSSR count). The Morgan fingerprint density at radius 1 is 0.900 bits per heavy atom. The molecule has 20 heavy (non-hydrogen) atoms. The molecule has 1 heterocycles. The molecule has 1 atom stereocenters. The van der Waals surface area contributed by atoms with Crippen molar-refractivity contribution in [2.75, 3.05) is 6.54 Å². The highest BCUT2D eigenvalue weighted by atomic mass is 16.4. The number of aliphatic carboxylic acids is 1. The number of rotatable bonds is 3. The lowest BCUT2D eigenvalue weighted by molar-refractivity contribution is -0.144. The molecule has 1 unspecified atom stereocenters. The minimum absolute atomic E-state index is 0.0702. The van der Waals surface area contributed by atoms with Crippen LogP contribution in [0.5, 0.6) is 0 Å². The summed E-state index contributed by atoms with van der Waals surface area (Å²) in [5.74, 6) is -0.407. The number of piperidine rings is 1. The normalized spacial score (nSPS) is 25.8. The molecular formula is C16H27NO3. The molecule has 1 amide bonds. The van der Waals surface area contributed by atoms with E-state index in [1.807, 2.05) is 4.90 Å². The third-order valence-electron chi connectivity index (χ3n) is 4.77. The van der Waals surface area contributed by atoms with E-state index in [1.54, 1.807) is 0 Å². The Labute approximate surface area is 121 Å². The molecular weight excluding hydrogens is 254 g/mol. The van der Waals surface area contributed by atoms with Gasteiger partial charge in [-0.3, -0.25) is 9.59 Å². The lowest BCUT2D eigenvalue weighted by atomic mass is 9.88. The molecule has 0 aromatic carbocycles. The van der Waals surface area contributed by atoms with Crippen LogP contribution in [-0.4, -0.2) is 34.5 Å². The maximum absolute atomic E-state index is 12.7. The SMILES string of the molecule is O=C(O)CC1CCCCN1C(=O)C1CCCCCCC1. The average molecular weight is 281 g/mol. The van der Waals surface area contributed by atoms with Crippen LogP contribution in [0, 0.1) is 5.92 Å². The summed E-state index contributed by atoms with van der Waals surface area (Å²) in [6.45, 7) is 0.757. The van der Waals surface area contributed by atoms with Gasteiger partial charge >= 0.3 is 5.97 Å². The van der Waals surface area contributed by atoms with Gasteiger partial charge in [-0.1, -0.05) is 32.1 Å². The van der Waals surface area contributed by atoms with E-state index in [9.17, 15) is 9.59 Å². The third kappa shape index (κ3) is 4.22. The van der Waals surface area contributed by atoms with E-state index < -0.39 is 5.97 Å². The molecule has 0 spiro atoms. The Hall–Kier alpha value is -1.06. The van der Waals surface area contributed by atoms with Crippen LogP contribution in [0.2, 0.25) is 0 Å². The van der Waals surface area contributed by atoms with E-state index in [0.717, 1.165) is 51.5 Å². The fourth-order valence-electron chi connectivity index (χ4n) is 3.64. The minimum Gasteiger partial charge on any atom is -0.481 e. The van der Waals surface area contributed by atoms with Crippen molar-refractivity contribution in [3.05, 3.63) is 0 Å². The first-order valence-electron chi connectivity index (χ1n) is 8.21. The second kappa shape index (κ2) is 7.65. The number of hydrogen-bond donors (Lipinski definition) is 1. The quantitative estimate of drug-likeness (QED) is 0.864. The highest BCUT2D eigenvalue weighted by molar-refractivity contribution is 5.80. The van der Waals surface area contributed by atoms with Gasteiger partial charge in [0.25, 0.3) is 0 Å². The van der Waals surface area contributed by atoms with Crippen molar-refractivity contribution in [2.45, 2.75) is 76.7 Å². The van der Waals surface area contributed by atoms with Gasteiger partial charge in [0.2, 0.25) is 5.91 Å². The van der Waals surface area contributed by atoms with E-state index in [2.05, 4.69) is 0 Å². The molecule has 2 fully saturated rings. The first-order valence-corrected chi connectivity index (χ1v) is 8.21. The second-order valence-electron chi connectivity index (χ2n) is 6.32. The Kier molecular flexibility index (Phi) is 5.86. The lowest BCUT2D eigenvalue weighted by Gasteiger charge is -2.37. The first-order chi connectivity index (χ1) is 9.68. The van der Waals surface area contributed by atoms with Crippen molar-refractivity contribution in [2.24, 2.45) is 5.92 Å². The zero-order valence-corrected chi connectivity index (χ0v) is 12.4. The van der Waals surface area contributed by atoms with Gasteiger partial charge in [0.15, 0.2) is 0 Å². The van der Waals surface area contributed by atoms with Crippen LogP contribution in [0.3, 0.4) is 0 Å². The minimum atomic E-state index is -0.785. The highest BCUT2D eigenvalue weighted by Gasteiger charge is 2.32. The van der Waals surface area contributed by atoms with Crippen LogP contribution < -0.4 is 0 Å². The molecule has 0 aromatic rings. The Bertz CT molecular complexity index is 335. The van der Waals surface area contributed by atoms with Crippen LogP contribution in [0.15, 0.2) is 0 Å². The predicted molar refractivity (Wildman–Crippen MR) is 77.4 cm³/mol. The molecule has 1 N–H and O–H groups in total. The monoisotopic (exact) mass is 281 g/mol. The van der Waals surface area contributed by atoms with Crippen molar-refractivity contribution in [1.82, 2.24) is 4.90 Å². The van der Waals surface area contributed by atoms with Gasteiger partial charge in [0.05, 0.1) is 6.42 Å². The Morgan fingerprint density at radius 3 is 2.15 bits per heavy atom. The maximum Gasteiger partial charge on any atom is 0.305 e. The summed E-state index contributed by atoms with van der Waals surface area (Å²) >= 11 is 0. The number of carboxylic acids is 1. The highest BCUT2D eigenvalue weighted by Crippen LogP contribution is 2.28. The fraction of sp³-hybridized carbons (Fsp3) is 0.875. The van der Waals surface area contributed by atoms with Gasteiger partial charge in [-0.05, 0) is 32.1 Å². The molecule has 0 bridgehead atoms. The van der Waals surface area contributed by atoms with Crippen molar-refractivity contribution in [1.29, 1.82) is 0 Å². The van der Waals surface area contributed by atoms with Gasteiger partial charge in [-0.25, -0.2) is 0 Å². The smallest absolute Gasteiger partial charge is 0.305 e. The van der Waals surface area contributed by atoms with E-state index >= 15 is 0 Å².